The number of halogens is 2. The number of amides is 3. The van der Waals surface area contributed by atoms with Crippen molar-refractivity contribution in [3.05, 3.63) is 45.8 Å². The van der Waals surface area contributed by atoms with Crippen molar-refractivity contribution in [1.82, 2.24) is 9.88 Å². The van der Waals surface area contributed by atoms with Crippen molar-refractivity contribution in [2.45, 2.75) is 6.92 Å². The third kappa shape index (κ3) is 6.56. The Balaban J connectivity index is 0.00000432. The highest BCUT2D eigenvalue weighted by atomic mass is 32.2. The number of carbonyl (C=O) groups excluding carboxylic acids is 3. The van der Waals surface area contributed by atoms with Gasteiger partial charge in [0.15, 0.2) is 5.13 Å². The van der Waals surface area contributed by atoms with Crippen molar-refractivity contribution in [3.8, 4) is 0 Å². The van der Waals surface area contributed by atoms with E-state index in [1.165, 1.54) is 5.38 Å². The number of aliphatic carboxylic acids is 1. The Bertz CT molecular complexity index is 1230. The van der Waals surface area contributed by atoms with E-state index < -0.39 is 42.1 Å². The number of carboxylic acids is 1. The molecular weight excluding hydrogens is 530 g/mol. The van der Waals surface area contributed by atoms with Crippen LogP contribution in [0.2, 0.25) is 0 Å². The van der Waals surface area contributed by atoms with E-state index in [2.05, 4.69) is 15.6 Å². The largest absolute Gasteiger partial charge is 0.480 e. The predicted octanol–water partition coefficient (Wildman–Crippen LogP) is 2.46. The van der Waals surface area contributed by atoms with Crippen LogP contribution in [0.15, 0.2) is 28.5 Å². The third-order valence-corrected chi connectivity index (χ3v) is 6.22. The number of rotatable bonds is 7. The van der Waals surface area contributed by atoms with Gasteiger partial charge < -0.3 is 20.6 Å². The monoisotopic (exact) mass is 546 g/mol. The molecule has 3 rings (SSSR count). The van der Waals surface area contributed by atoms with Gasteiger partial charge in [-0.05, 0) is 19.1 Å². The van der Waals surface area contributed by atoms with Crippen LogP contribution in [-0.4, -0.2) is 61.8 Å². The normalized spacial score (nSPS) is 14.3. The zero-order chi connectivity index (χ0) is 25.0. The summed E-state index contributed by atoms with van der Waals surface area (Å²) in [5.41, 5.74) is -0.547. The summed E-state index contributed by atoms with van der Waals surface area (Å²) in [6.07, 6.45) is 0. The maximum absolute atomic E-state index is 13.7. The number of hydrogen-bond acceptors (Lipinski definition) is 9. The second kappa shape index (κ2) is 11.8. The second-order valence-corrected chi connectivity index (χ2v) is 8.82. The first-order valence-corrected chi connectivity index (χ1v) is 11.4. The quantitative estimate of drug-likeness (QED) is 0.268. The number of thiocarbonyl (C=S) groups is 1. The van der Waals surface area contributed by atoms with Gasteiger partial charge in [-0.15, -0.1) is 11.3 Å². The minimum Gasteiger partial charge on any atom is -0.480 e. The molecule has 0 aliphatic carbocycles. The minimum atomic E-state index is -1.29. The number of thioether (sulfide) groups is 1. The number of carbonyl (C=O) groups is 4. The maximum atomic E-state index is 13.7. The number of benzene rings is 1. The molecular formula is C19H16F2N4O7S3. The van der Waals surface area contributed by atoms with E-state index in [-0.39, 0.29) is 43.4 Å². The van der Waals surface area contributed by atoms with Gasteiger partial charge >= 0.3 is 18.0 Å². The van der Waals surface area contributed by atoms with Crippen molar-refractivity contribution >= 4 is 79.9 Å². The number of carboxylic acid groups (broad SMARTS) is 1. The van der Waals surface area contributed by atoms with E-state index in [4.69, 9.17) is 22.1 Å². The fourth-order valence-electron chi connectivity index (χ4n) is 2.63. The van der Waals surface area contributed by atoms with Gasteiger partial charge in [0.2, 0.25) is 0 Å². The van der Waals surface area contributed by atoms with Gasteiger partial charge in [0.1, 0.15) is 28.1 Å². The van der Waals surface area contributed by atoms with Gasteiger partial charge in [0.25, 0.3) is 5.91 Å². The van der Waals surface area contributed by atoms with Crippen LogP contribution < -0.4 is 10.6 Å². The number of nitrogens with one attached hydrogen (secondary N) is 2. The summed E-state index contributed by atoms with van der Waals surface area (Å²) in [6, 6.07) is 1.71. The molecule has 2 aromatic rings. The van der Waals surface area contributed by atoms with E-state index in [1.807, 2.05) is 0 Å². The zero-order valence-electron chi connectivity index (χ0n) is 17.6. The average Bonchev–Trinajstić information content (AvgIpc) is 3.30. The molecule has 1 aromatic carbocycles. The lowest BCUT2D eigenvalue weighted by Crippen LogP contribution is -2.33. The predicted molar refractivity (Wildman–Crippen MR) is 128 cm³/mol. The van der Waals surface area contributed by atoms with Crippen LogP contribution in [0, 0.1) is 11.6 Å². The molecule has 35 heavy (non-hydrogen) atoms. The minimum absolute atomic E-state index is 0. The number of hydrogen-bond donors (Lipinski definition) is 3. The molecule has 1 fully saturated rings. The summed E-state index contributed by atoms with van der Waals surface area (Å²) >= 11 is 6.67. The Hall–Kier alpha value is -3.47. The standard InChI is InChI=1S/C19H14F2N4O6S3.H2O/c1-2-31-16(29)13(14-15(28)25(6-12(26)27)19(32)34-14)11-7-33-18(23-11)24-17(30)22-10-4-3-8(20)5-9(10)21;/h3-5,7H,2,6H2,1H3,(H,26,27)(H2,22,23,24,30);1H2. The Morgan fingerprint density at radius 2 is 1.97 bits per heavy atom. The number of aromatic nitrogens is 1. The summed E-state index contributed by atoms with van der Waals surface area (Å²) in [5.74, 6) is -4.78. The Kier molecular flexibility index (Phi) is 9.35. The second-order valence-electron chi connectivity index (χ2n) is 6.32. The molecule has 1 aliphatic heterocycles. The molecule has 0 radical (unpaired) electrons. The van der Waals surface area contributed by atoms with Gasteiger partial charge in [-0.3, -0.25) is 19.8 Å². The third-order valence-electron chi connectivity index (χ3n) is 4.01. The topological polar surface area (TPSA) is 169 Å². The smallest absolute Gasteiger partial charge is 0.341 e. The van der Waals surface area contributed by atoms with Gasteiger partial charge in [-0.25, -0.2) is 23.4 Å². The lowest BCUT2D eigenvalue weighted by Gasteiger charge is -2.11. The molecule has 0 saturated carbocycles. The molecule has 5 N–H and O–H groups in total. The van der Waals surface area contributed by atoms with Crippen molar-refractivity contribution in [2.24, 2.45) is 0 Å². The van der Waals surface area contributed by atoms with Crippen LogP contribution in [0.1, 0.15) is 12.6 Å². The molecule has 0 bridgehead atoms. The first-order chi connectivity index (χ1) is 16.1. The van der Waals surface area contributed by atoms with E-state index in [1.54, 1.807) is 6.92 Å². The molecule has 1 aromatic heterocycles. The molecule has 1 aliphatic rings. The highest BCUT2D eigenvalue weighted by Crippen LogP contribution is 2.38. The molecule has 11 nitrogen and oxygen atoms in total. The SMILES string of the molecule is CCOC(=O)C(=C1SC(=S)N(CC(=O)O)C1=O)c1csc(NC(=O)Nc2ccc(F)cc2F)n1.O. The number of ether oxygens (including phenoxy) is 1. The molecule has 0 spiro atoms. The van der Waals surface area contributed by atoms with Crippen LogP contribution >= 0.6 is 35.3 Å². The summed E-state index contributed by atoms with van der Waals surface area (Å²) < 4.78 is 31.7. The highest BCUT2D eigenvalue weighted by Gasteiger charge is 2.38. The highest BCUT2D eigenvalue weighted by molar-refractivity contribution is 8.26. The first-order valence-electron chi connectivity index (χ1n) is 9.26. The Morgan fingerprint density at radius 3 is 2.60 bits per heavy atom. The molecule has 16 heteroatoms. The number of anilines is 2. The number of thiazole rings is 1. The summed E-state index contributed by atoms with van der Waals surface area (Å²) in [4.78, 5) is 53.3. The molecule has 3 amide bonds. The summed E-state index contributed by atoms with van der Waals surface area (Å²) in [5, 5.41) is 14.9. The molecule has 0 atom stereocenters. The lowest BCUT2D eigenvalue weighted by molar-refractivity contribution is -0.140. The van der Waals surface area contributed by atoms with Crippen LogP contribution in [0.5, 0.6) is 0 Å². The maximum Gasteiger partial charge on any atom is 0.341 e. The van der Waals surface area contributed by atoms with Crippen LogP contribution in [0.4, 0.5) is 24.4 Å². The number of urea groups is 1. The first kappa shape index (κ1) is 27.8. The van der Waals surface area contributed by atoms with Crippen molar-refractivity contribution in [3.63, 3.8) is 0 Å². The summed E-state index contributed by atoms with van der Waals surface area (Å²) in [7, 11) is 0. The zero-order valence-corrected chi connectivity index (χ0v) is 20.0. The number of esters is 1. The summed E-state index contributed by atoms with van der Waals surface area (Å²) in [6.45, 7) is 0.852. The fourth-order valence-corrected chi connectivity index (χ4v) is 4.64. The Morgan fingerprint density at radius 1 is 1.26 bits per heavy atom. The molecule has 0 unspecified atom stereocenters. The lowest BCUT2D eigenvalue weighted by atomic mass is 10.2. The van der Waals surface area contributed by atoms with E-state index in [0.29, 0.717) is 6.07 Å². The Labute approximate surface area is 209 Å². The molecule has 1 saturated heterocycles. The van der Waals surface area contributed by atoms with E-state index in [9.17, 15) is 28.0 Å². The van der Waals surface area contributed by atoms with Crippen molar-refractivity contribution in [1.29, 1.82) is 0 Å². The van der Waals surface area contributed by atoms with Gasteiger partial charge in [-0.2, -0.15) is 0 Å². The molecule has 2 heterocycles. The van der Waals surface area contributed by atoms with Gasteiger partial charge in [0, 0.05) is 11.4 Å². The van der Waals surface area contributed by atoms with E-state index in [0.717, 1.165) is 40.1 Å². The van der Waals surface area contributed by atoms with Crippen molar-refractivity contribution < 1.29 is 43.3 Å². The van der Waals surface area contributed by atoms with Gasteiger partial charge in [-0.1, -0.05) is 24.0 Å². The number of nitrogens with zero attached hydrogens (tertiary/aromatic N) is 2. The average molecular weight is 547 g/mol. The van der Waals surface area contributed by atoms with Crippen LogP contribution in [-0.2, 0) is 19.1 Å². The van der Waals surface area contributed by atoms with Gasteiger partial charge in [0.05, 0.1) is 22.9 Å². The fraction of sp³-hybridized carbons (Fsp3) is 0.158. The van der Waals surface area contributed by atoms with Crippen LogP contribution in [0.3, 0.4) is 0 Å². The molecule has 186 valence electrons. The van der Waals surface area contributed by atoms with E-state index >= 15 is 0 Å². The van der Waals surface area contributed by atoms with Crippen molar-refractivity contribution in [2.75, 3.05) is 23.8 Å². The van der Waals surface area contributed by atoms with Crippen LogP contribution in [0.25, 0.3) is 5.57 Å².